The lowest BCUT2D eigenvalue weighted by molar-refractivity contribution is 0.0376. The third-order valence-corrected chi connectivity index (χ3v) is 5.41. The maximum absolute atomic E-state index is 12.4. The highest BCUT2D eigenvalue weighted by Gasteiger charge is 2.15. The lowest BCUT2D eigenvalue weighted by atomic mass is 10.2. The Bertz CT molecular complexity index is 856. The predicted octanol–water partition coefficient (Wildman–Crippen LogP) is 0.794. The van der Waals surface area contributed by atoms with Gasteiger partial charge in [0, 0.05) is 31.1 Å². The van der Waals surface area contributed by atoms with Gasteiger partial charge in [-0.1, -0.05) is 0 Å². The number of rotatable bonds is 6. The number of hydrogen-bond acceptors (Lipinski definition) is 6. The van der Waals surface area contributed by atoms with Gasteiger partial charge in [-0.15, -0.1) is 0 Å². The van der Waals surface area contributed by atoms with Crippen LogP contribution in [-0.2, 0) is 14.8 Å². The second kappa shape index (κ2) is 7.43. The molecule has 1 N–H and O–H groups in total. The quantitative estimate of drug-likeness (QED) is 0.611. The molecule has 0 spiro atoms. The Morgan fingerprint density at radius 3 is 2.71 bits per heavy atom. The molecule has 1 aliphatic heterocycles. The molecular weight excluding hydrogens is 332 g/mol. The fraction of sp³-hybridized carbons (Fsp3) is 0.438. The minimum atomic E-state index is -3.58. The molecule has 2 heterocycles. The number of benzene rings is 1. The molecule has 0 aliphatic carbocycles. The zero-order valence-corrected chi connectivity index (χ0v) is 14.0. The fourth-order valence-corrected chi connectivity index (χ4v) is 3.74. The molecule has 3 rings (SSSR count). The van der Waals surface area contributed by atoms with Crippen molar-refractivity contribution in [3.63, 3.8) is 0 Å². The molecular formula is C16H20N2O5S. The third kappa shape index (κ3) is 4.21. The summed E-state index contributed by atoms with van der Waals surface area (Å²) in [6.45, 7) is 4.47. The van der Waals surface area contributed by atoms with Gasteiger partial charge in [0.1, 0.15) is 5.58 Å². The van der Waals surface area contributed by atoms with Crippen LogP contribution in [0.15, 0.2) is 44.4 Å². The summed E-state index contributed by atoms with van der Waals surface area (Å²) in [4.78, 5) is 13.6. The van der Waals surface area contributed by atoms with E-state index in [1.807, 2.05) is 0 Å². The first-order chi connectivity index (χ1) is 11.5. The highest BCUT2D eigenvalue weighted by atomic mass is 32.2. The number of hydrogen-bond donors (Lipinski definition) is 1. The van der Waals surface area contributed by atoms with Gasteiger partial charge in [-0.2, -0.15) is 0 Å². The van der Waals surface area contributed by atoms with Crippen LogP contribution in [-0.4, -0.2) is 52.7 Å². The van der Waals surface area contributed by atoms with Crippen LogP contribution in [0.1, 0.15) is 6.42 Å². The first kappa shape index (κ1) is 17.1. The molecule has 1 saturated heterocycles. The first-order valence-electron chi connectivity index (χ1n) is 7.88. The molecule has 0 unspecified atom stereocenters. The van der Waals surface area contributed by atoms with Crippen LogP contribution in [0.3, 0.4) is 0 Å². The van der Waals surface area contributed by atoms with Crippen LogP contribution < -0.4 is 10.3 Å². The van der Waals surface area contributed by atoms with E-state index in [4.69, 9.17) is 9.15 Å². The molecule has 0 bridgehead atoms. The van der Waals surface area contributed by atoms with E-state index in [0.29, 0.717) is 17.5 Å². The van der Waals surface area contributed by atoms with Crippen LogP contribution in [0.25, 0.3) is 11.0 Å². The standard InChI is InChI=1S/C16H20N2O5S/c19-16-5-2-13-12-14(3-4-15(13)23-16)24(20,21)17-6-1-7-18-8-10-22-11-9-18/h2-5,12,17H,1,6-11H2. The third-order valence-electron chi connectivity index (χ3n) is 3.95. The van der Waals surface area contributed by atoms with Crippen molar-refractivity contribution in [3.05, 3.63) is 40.8 Å². The van der Waals surface area contributed by atoms with Gasteiger partial charge in [-0.05, 0) is 37.2 Å². The van der Waals surface area contributed by atoms with Crippen molar-refractivity contribution in [2.24, 2.45) is 0 Å². The fourth-order valence-electron chi connectivity index (χ4n) is 2.63. The molecule has 0 radical (unpaired) electrons. The van der Waals surface area contributed by atoms with Gasteiger partial charge in [0.05, 0.1) is 18.1 Å². The summed E-state index contributed by atoms with van der Waals surface area (Å²) in [7, 11) is -3.58. The number of ether oxygens (including phenoxy) is 1. The molecule has 2 aromatic rings. The van der Waals surface area contributed by atoms with Crippen molar-refractivity contribution in [3.8, 4) is 0 Å². The lowest BCUT2D eigenvalue weighted by Crippen LogP contribution is -2.38. The summed E-state index contributed by atoms with van der Waals surface area (Å²) in [5, 5.41) is 0.575. The van der Waals surface area contributed by atoms with Gasteiger partial charge >= 0.3 is 5.63 Å². The predicted molar refractivity (Wildman–Crippen MR) is 89.5 cm³/mol. The largest absolute Gasteiger partial charge is 0.423 e. The second-order valence-corrected chi connectivity index (χ2v) is 7.43. The molecule has 1 aliphatic rings. The van der Waals surface area contributed by atoms with E-state index in [9.17, 15) is 13.2 Å². The van der Waals surface area contributed by atoms with Crippen molar-refractivity contribution < 1.29 is 17.6 Å². The Labute approximate surface area is 140 Å². The topological polar surface area (TPSA) is 88.9 Å². The normalized spacial score (nSPS) is 16.5. The van der Waals surface area contributed by atoms with Crippen LogP contribution in [0.2, 0.25) is 0 Å². The average Bonchev–Trinajstić information content (AvgIpc) is 2.59. The highest BCUT2D eigenvalue weighted by molar-refractivity contribution is 7.89. The Morgan fingerprint density at radius 1 is 1.12 bits per heavy atom. The van der Waals surface area contributed by atoms with Gasteiger partial charge in [0.25, 0.3) is 0 Å². The van der Waals surface area contributed by atoms with Crippen molar-refractivity contribution in [1.82, 2.24) is 9.62 Å². The SMILES string of the molecule is O=c1ccc2cc(S(=O)(=O)NCCCN3CCOCC3)ccc2o1. The van der Waals surface area contributed by atoms with Crippen LogP contribution in [0, 0.1) is 0 Å². The van der Waals surface area contributed by atoms with Crippen molar-refractivity contribution in [2.75, 3.05) is 39.4 Å². The van der Waals surface area contributed by atoms with Gasteiger partial charge < -0.3 is 9.15 Å². The summed E-state index contributed by atoms with van der Waals surface area (Å²) in [6.07, 6.45) is 0.738. The highest BCUT2D eigenvalue weighted by Crippen LogP contribution is 2.17. The molecule has 24 heavy (non-hydrogen) atoms. The van der Waals surface area contributed by atoms with Crippen molar-refractivity contribution in [2.45, 2.75) is 11.3 Å². The minimum Gasteiger partial charge on any atom is -0.423 e. The Morgan fingerprint density at radius 2 is 1.92 bits per heavy atom. The van der Waals surface area contributed by atoms with Gasteiger partial charge in [-0.25, -0.2) is 17.9 Å². The Balaban J connectivity index is 1.60. The molecule has 130 valence electrons. The molecule has 8 heteroatoms. The summed E-state index contributed by atoms with van der Waals surface area (Å²) in [6, 6.07) is 7.27. The summed E-state index contributed by atoms with van der Waals surface area (Å²) in [5.74, 6) is 0. The van der Waals surface area contributed by atoms with E-state index in [0.717, 1.165) is 39.3 Å². The van der Waals surface area contributed by atoms with E-state index < -0.39 is 15.6 Å². The number of morpholine rings is 1. The Hall–Kier alpha value is -1.74. The molecule has 0 amide bonds. The van der Waals surface area contributed by atoms with E-state index in [1.54, 1.807) is 6.07 Å². The maximum atomic E-state index is 12.4. The van der Waals surface area contributed by atoms with E-state index >= 15 is 0 Å². The van der Waals surface area contributed by atoms with Crippen LogP contribution >= 0.6 is 0 Å². The van der Waals surface area contributed by atoms with E-state index in [2.05, 4.69) is 9.62 Å². The summed E-state index contributed by atoms with van der Waals surface area (Å²) >= 11 is 0. The zero-order valence-electron chi connectivity index (χ0n) is 13.2. The lowest BCUT2D eigenvalue weighted by Gasteiger charge is -2.26. The average molecular weight is 352 g/mol. The Kier molecular flexibility index (Phi) is 5.30. The molecule has 0 saturated carbocycles. The molecule has 0 atom stereocenters. The van der Waals surface area contributed by atoms with Crippen LogP contribution in [0.5, 0.6) is 0 Å². The molecule has 1 fully saturated rings. The number of sulfonamides is 1. The maximum Gasteiger partial charge on any atom is 0.336 e. The van der Waals surface area contributed by atoms with Gasteiger partial charge in [0.15, 0.2) is 0 Å². The van der Waals surface area contributed by atoms with Gasteiger partial charge in [-0.3, -0.25) is 4.90 Å². The molecule has 1 aromatic heterocycles. The molecule has 7 nitrogen and oxygen atoms in total. The minimum absolute atomic E-state index is 0.162. The smallest absolute Gasteiger partial charge is 0.336 e. The second-order valence-electron chi connectivity index (χ2n) is 5.66. The summed E-state index contributed by atoms with van der Waals surface area (Å²) < 4.78 is 37.6. The van der Waals surface area contributed by atoms with Crippen molar-refractivity contribution in [1.29, 1.82) is 0 Å². The van der Waals surface area contributed by atoms with Crippen LogP contribution in [0.4, 0.5) is 0 Å². The zero-order chi connectivity index (χ0) is 17.0. The molecule has 1 aromatic carbocycles. The number of fused-ring (bicyclic) bond motifs is 1. The van der Waals surface area contributed by atoms with Gasteiger partial charge in [0.2, 0.25) is 10.0 Å². The number of nitrogens with zero attached hydrogens (tertiary/aromatic N) is 1. The monoisotopic (exact) mass is 352 g/mol. The van der Waals surface area contributed by atoms with E-state index in [1.165, 1.54) is 24.3 Å². The summed E-state index contributed by atoms with van der Waals surface area (Å²) in [5.41, 5.74) is -0.0897. The van der Waals surface area contributed by atoms with Crippen molar-refractivity contribution >= 4 is 21.0 Å². The first-order valence-corrected chi connectivity index (χ1v) is 9.37. The van der Waals surface area contributed by atoms with E-state index in [-0.39, 0.29) is 4.90 Å². The number of nitrogens with one attached hydrogen (secondary N) is 1.